The SMILES string of the molecule is NC1(C(=O)NC2CCN(CC3CC3)CC2)CCCC1. The number of carbonyl (C=O) groups is 1. The minimum atomic E-state index is -0.564. The molecule has 0 atom stereocenters. The van der Waals surface area contributed by atoms with Gasteiger partial charge >= 0.3 is 0 Å². The van der Waals surface area contributed by atoms with Crippen LogP contribution < -0.4 is 11.1 Å². The van der Waals surface area contributed by atoms with Crippen molar-refractivity contribution in [2.24, 2.45) is 11.7 Å². The van der Waals surface area contributed by atoms with Crippen LogP contribution in [0, 0.1) is 5.92 Å². The lowest BCUT2D eigenvalue weighted by Gasteiger charge is -2.34. The summed E-state index contributed by atoms with van der Waals surface area (Å²) >= 11 is 0. The fourth-order valence-corrected chi connectivity index (χ4v) is 3.49. The minimum Gasteiger partial charge on any atom is -0.352 e. The lowest BCUT2D eigenvalue weighted by molar-refractivity contribution is -0.127. The summed E-state index contributed by atoms with van der Waals surface area (Å²) in [4.78, 5) is 14.8. The number of carbonyl (C=O) groups excluding carboxylic acids is 1. The van der Waals surface area contributed by atoms with Gasteiger partial charge in [0.1, 0.15) is 0 Å². The van der Waals surface area contributed by atoms with E-state index in [0.717, 1.165) is 57.5 Å². The Morgan fingerprint density at radius 3 is 2.37 bits per heavy atom. The van der Waals surface area contributed by atoms with E-state index >= 15 is 0 Å². The lowest BCUT2D eigenvalue weighted by Crippen LogP contribution is -2.56. The van der Waals surface area contributed by atoms with Crippen LogP contribution in [0.1, 0.15) is 51.4 Å². The first-order valence-corrected chi connectivity index (χ1v) is 7.98. The quantitative estimate of drug-likeness (QED) is 0.804. The van der Waals surface area contributed by atoms with Gasteiger partial charge in [-0.2, -0.15) is 0 Å². The zero-order valence-corrected chi connectivity index (χ0v) is 11.9. The summed E-state index contributed by atoms with van der Waals surface area (Å²) in [5.41, 5.74) is 5.63. The Hall–Kier alpha value is -0.610. The van der Waals surface area contributed by atoms with Crippen molar-refractivity contribution in [3.63, 3.8) is 0 Å². The van der Waals surface area contributed by atoms with Gasteiger partial charge in [0.25, 0.3) is 0 Å². The molecule has 3 fully saturated rings. The Kier molecular flexibility index (Phi) is 3.81. The van der Waals surface area contributed by atoms with Crippen LogP contribution in [-0.2, 0) is 4.79 Å². The largest absolute Gasteiger partial charge is 0.352 e. The molecule has 1 aliphatic heterocycles. The van der Waals surface area contributed by atoms with Gasteiger partial charge in [0.15, 0.2) is 0 Å². The van der Waals surface area contributed by atoms with Crippen molar-refractivity contribution < 1.29 is 4.79 Å². The third kappa shape index (κ3) is 3.29. The molecule has 0 unspecified atom stereocenters. The number of piperidine rings is 1. The highest BCUT2D eigenvalue weighted by molar-refractivity contribution is 5.86. The van der Waals surface area contributed by atoms with Crippen molar-refractivity contribution in [1.29, 1.82) is 0 Å². The van der Waals surface area contributed by atoms with E-state index in [0.29, 0.717) is 6.04 Å². The molecule has 1 heterocycles. The fraction of sp³-hybridized carbons (Fsp3) is 0.933. The second-order valence-electron chi connectivity index (χ2n) is 6.85. The van der Waals surface area contributed by atoms with Gasteiger partial charge in [0.05, 0.1) is 5.54 Å². The van der Waals surface area contributed by atoms with Crippen LogP contribution in [0.4, 0.5) is 0 Å². The van der Waals surface area contributed by atoms with Gasteiger partial charge in [-0.3, -0.25) is 4.79 Å². The summed E-state index contributed by atoms with van der Waals surface area (Å²) in [6.07, 6.45) is 8.95. The van der Waals surface area contributed by atoms with Gasteiger partial charge in [0.2, 0.25) is 5.91 Å². The maximum absolute atomic E-state index is 12.3. The Morgan fingerprint density at radius 2 is 1.79 bits per heavy atom. The van der Waals surface area contributed by atoms with Crippen LogP contribution in [0.25, 0.3) is 0 Å². The first-order valence-electron chi connectivity index (χ1n) is 7.98. The second-order valence-corrected chi connectivity index (χ2v) is 6.85. The molecule has 4 heteroatoms. The van der Waals surface area contributed by atoms with Crippen molar-refractivity contribution in [1.82, 2.24) is 10.2 Å². The van der Waals surface area contributed by atoms with E-state index in [4.69, 9.17) is 5.73 Å². The molecular weight excluding hydrogens is 238 g/mol. The molecule has 108 valence electrons. The maximum atomic E-state index is 12.3. The van der Waals surface area contributed by atoms with Gasteiger partial charge < -0.3 is 16.0 Å². The third-order valence-corrected chi connectivity index (χ3v) is 5.08. The Labute approximate surface area is 116 Å². The highest BCUT2D eigenvalue weighted by atomic mass is 16.2. The molecule has 2 saturated carbocycles. The molecular formula is C15H27N3O. The maximum Gasteiger partial charge on any atom is 0.240 e. The number of likely N-dealkylation sites (tertiary alicyclic amines) is 1. The van der Waals surface area contributed by atoms with Crippen molar-refractivity contribution in [2.45, 2.75) is 62.9 Å². The van der Waals surface area contributed by atoms with Crippen molar-refractivity contribution in [3.05, 3.63) is 0 Å². The molecule has 3 rings (SSSR count). The van der Waals surface area contributed by atoms with E-state index in [2.05, 4.69) is 10.2 Å². The molecule has 1 saturated heterocycles. The fourth-order valence-electron chi connectivity index (χ4n) is 3.49. The molecule has 4 nitrogen and oxygen atoms in total. The normalized spacial score (nSPS) is 28.5. The molecule has 19 heavy (non-hydrogen) atoms. The van der Waals surface area contributed by atoms with Gasteiger partial charge in [-0.25, -0.2) is 0 Å². The van der Waals surface area contributed by atoms with Crippen molar-refractivity contribution in [2.75, 3.05) is 19.6 Å². The number of amides is 1. The monoisotopic (exact) mass is 265 g/mol. The Morgan fingerprint density at radius 1 is 1.16 bits per heavy atom. The van der Waals surface area contributed by atoms with Gasteiger partial charge in [-0.05, 0) is 44.4 Å². The second kappa shape index (κ2) is 5.41. The summed E-state index contributed by atoms with van der Waals surface area (Å²) in [5.74, 6) is 1.07. The predicted molar refractivity (Wildman–Crippen MR) is 75.7 cm³/mol. The van der Waals surface area contributed by atoms with E-state index in [-0.39, 0.29) is 5.91 Å². The number of nitrogens with zero attached hydrogens (tertiary/aromatic N) is 1. The summed E-state index contributed by atoms with van der Waals surface area (Å²) < 4.78 is 0. The lowest BCUT2D eigenvalue weighted by atomic mass is 9.96. The van der Waals surface area contributed by atoms with E-state index in [1.54, 1.807) is 0 Å². The first kappa shape index (κ1) is 13.4. The number of nitrogens with two attached hydrogens (primary N) is 1. The molecule has 0 aromatic rings. The van der Waals surface area contributed by atoms with E-state index in [9.17, 15) is 4.79 Å². The minimum absolute atomic E-state index is 0.102. The Balaban J connectivity index is 1.42. The van der Waals surface area contributed by atoms with Crippen molar-refractivity contribution in [3.8, 4) is 0 Å². The topological polar surface area (TPSA) is 58.4 Å². The zero-order chi connectivity index (χ0) is 13.3. The predicted octanol–water partition coefficient (Wildman–Crippen LogP) is 1.25. The molecule has 0 aromatic carbocycles. The molecule has 0 aromatic heterocycles. The first-order chi connectivity index (χ1) is 9.16. The molecule has 0 radical (unpaired) electrons. The van der Waals surface area contributed by atoms with Crippen LogP contribution in [0.15, 0.2) is 0 Å². The summed E-state index contributed by atoms with van der Waals surface area (Å²) in [6, 6.07) is 0.351. The average Bonchev–Trinajstić information content (AvgIpc) is 3.11. The standard InChI is InChI=1S/C15H27N3O/c16-15(7-1-2-8-15)14(19)17-13-5-9-18(10-6-13)11-12-3-4-12/h12-13H,1-11,16H2,(H,17,19). The summed E-state index contributed by atoms with van der Waals surface area (Å²) in [7, 11) is 0. The zero-order valence-electron chi connectivity index (χ0n) is 11.9. The summed E-state index contributed by atoms with van der Waals surface area (Å²) in [5, 5.41) is 3.20. The molecule has 1 amide bonds. The third-order valence-electron chi connectivity index (χ3n) is 5.08. The van der Waals surface area contributed by atoms with Crippen LogP contribution in [-0.4, -0.2) is 42.0 Å². The van der Waals surface area contributed by atoms with Gasteiger partial charge in [-0.1, -0.05) is 12.8 Å². The van der Waals surface area contributed by atoms with Crippen LogP contribution in [0.5, 0.6) is 0 Å². The molecule has 0 spiro atoms. The highest BCUT2D eigenvalue weighted by Gasteiger charge is 2.38. The van der Waals surface area contributed by atoms with E-state index < -0.39 is 5.54 Å². The van der Waals surface area contributed by atoms with Crippen molar-refractivity contribution >= 4 is 5.91 Å². The smallest absolute Gasteiger partial charge is 0.240 e. The van der Waals surface area contributed by atoms with Crippen LogP contribution >= 0.6 is 0 Å². The van der Waals surface area contributed by atoms with Gasteiger partial charge in [-0.15, -0.1) is 0 Å². The molecule has 3 aliphatic rings. The van der Waals surface area contributed by atoms with Crippen LogP contribution in [0.2, 0.25) is 0 Å². The Bertz CT molecular complexity index is 326. The molecule has 3 N–H and O–H groups in total. The van der Waals surface area contributed by atoms with Gasteiger partial charge in [0, 0.05) is 25.7 Å². The average molecular weight is 265 g/mol. The van der Waals surface area contributed by atoms with Crippen LogP contribution in [0.3, 0.4) is 0 Å². The highest BCUT2D eigenvalue weighted by Crippen LogP contribution is 2.31. The number of nitrogens with one attached hydrogen (secondary N) is 1. The number of hydrogen-bond acceptors (Lipinski definition) is 3. The van der Waals surface area contributed by atoms with E-state index in [1.807, 2.05) is 0 Å². The number of rotatable bonds is 4. The summed E-state index contributed by atoms with van der Waals surface area (Å²) in [6.45, 7) is 3.56. The number of hydrogen-bond donors (Lipinski definition) is 2. The molecule has 2 aliphatic carbocycles. The molecule has 0 bridgehead atoms. The van der Waals surface area contributed by atoms with E-state index in [1.165, 1.54) is 19.4 Å².